The van der Waals surface area contributed by atoms with Gasteiger partial charge in [-0.2, -0.15) is 0 Å². The molecule has 2 N–H and O–H groups in total. The van der Waals surface area contributed by atoms with Crippen LogP contribution in [0, 0.1) is 5.82 Å². The highest BCUT2D eigenvalue weighted by Crippen LogP contribution is 2.43. The summed E-state index contributed by atoms with van der Waals surface area (Å²) in [5, 5.41) is 2.35. The number of hydrogen-bond donors (Lipinski definition) is 2. The fraction of sp³-hybridized carbons (Fsp3) is 0.258. The molecule has 1 unspecified atom stereocenters. The number of ether oxygens (including phenoxy) is 2. The van der Waals surface area contributed by atoms with E-state index in [0.29, 0.717) is 5.56 Å². The molecule has 3 aromatic carbocycles. The fourth-order valence-electron chi connectivity index (χ4n) is 4.69. The Balaban J connectivity index is 1.43. The summed E-state index contributed by atoms with van der Waals surface area (Å²) >= 11 is 0. The number of nitrogens with one attached hydrogen (secondary N) is 1. The molecule has 0 fully saturated rings. The quantitative estimate of drug-likeness (QED) is 0.257. The van der Waals surface area contributed by atoms with Crippen molar-refractivity contribution in [1.29, 1.82) is 0 Å². The van der Waals surface area contributed by atoms with Crippen LogP contribution < -0.4 is 20.9 Å². The smallest absolute Gasteiger partial charge is 0.359 e. The van der Waals surface area contributed by atoms with E-state index in [1.54, 1.807) is 44.2 Å². The van der Waals surface area contributed by atoms with Crippen molar-refractivity contribution in [2.45, 2.75) is 45.8 Å². The normalized spacial score (nSPS) is 15.3. The Hall–Kier alpha value is -4.15. The first-order valence-corrected chi connectivity index (χ1v) is 15.2. The maximum absolute atomic E-state index is 14.2. The molecule has 224 valence electrons. The zero-order chi connectivity index (χ0) is 30.6. The first-order valence-electron chi connectivity index (χ1n) is 13.6. The van der Waals surface area contributed by atoms with E-state index in [-0.39, 0.29) is 61.0 Å². The van der Waals surface area contributed by atoms with Crippen molar-refractivity contribution in [2.75, 3.05) is 6.61 Å². The lowest BCUT2D eigenvalue weighted by atomic mass is 10.1. The van der Waals surface area contributed by atoms with E-state index in [9.17, 15) is 23.4 Å². The SMILES string of the molecule is CC1(C)OCCn2c1nc(C(=O)NCc1ccc(F)cc1P(=O)(O)OCc1ccccc1)c(OCc1ccccc1)c2=O. The molecule has 1 atom stereocenters. The number of carbonyl (C=O) groups is 1. The van der Waals surface area contributed by atoms with Gasteiger partial charge in [0.2, 0.25) is 5.75 Å². The van der Waals surface area contributed by atoms with Crippen molar-refractivity contribution in [3.63, 3.8) is 0 Å². The van der Waals surface area contributed by atoms with E-state index in [0.717, 1.165) is 17.7 Å². The molecule has 0 spiro atoms. The number of carbonyl (C=O) groups excluding carboxylic acids is 1. The summed E-state index contributed by atoms with van der Waals surface area (Å²) < 4.78 is 45.8. The molecular formula is C31H31FN3O7P. The van der Waals surface area contributed by atoms with E-state index in [1.807, 2.05) is 30.3 Å². The minimum absolute atomic E-state index is 0.0197. The van der Waals surface area contributed by atoms with E-state index in [1.165, 1.54) is 10.6 Å². The van der Waals surface area contributed by atoms with Gasteiger partial charge in [-0.3, -0.25) is 18.7 Å². The standard InChI is InChI=1S/C31H31FN3O7P/c1-31(2)30-34-26(27(29(37)35(30)15-16-41-31)40-19-21-9-5-3-6-10-21)28(36)33-18-23-13-14-24(32)17-25(23)43(38,39)42-20-22-11-7-4-8-12-22/h3-14,17H,15-16,18-20H2,1-2H3,(H,33,36)(H,38,39). The maximum Gasteiger partial charge on any atom is 0.359 e. The fourth-order valence-corrected chi connectivity index (χ4v) is 5.96. The molecule has 0 radical (unpaired) electrons. The van der Waals surface area contributed by atoms with Crippen LogP contribution in [0.5, 0.6) is 5.75 Å². The molecule has 1 aliphatic rings. The molecular weight excluding hydrogens is 576 g/mol. The van der Waals surface area contributed by atoms with E-state index < -0.39 is 30.5 Å². The van der Waals surface area contributed by atoms with Gasteiger partial charge in [0.1, 0.15) is 23.8 Å². The van der Waals surface area contributed by atoms with Crippen LogP contribution in [0.3, 0.4) is 0 Å². The average Bonchev–Trinajstić information content (AvgIpc) is 3.00. The second-order valence-electron chi connectivity index (χ2n) is 10.4. The van der Waals surface area contributed by atoms with Gasteiger partial charge in [0, 0.05) is 6.54 Å². The van der Waals surface area contributed by atoms with Gasteiger partial charge in [0.25, 0.3) is 11.5 Å². The molecule has 5 rings (SSSR count). The van der Waals surface area contributed by atoms with Gasteiger partial charge in [-0.1, -0.05) is 66.7 Å². The van der Waals surface area contributed by atoms with E-state index in [4.69, 9.17) is 14.0 Å². The number of fused-ring (bicyclic) bond motifs is 1. The minimum Gasteiger partial charge on any atom is -0.481 e. The Bertz CT molecular complexity index is 1730. The highest BCUT2D eigenvalue weighted by atomic mass is 31.2. The molecule has 4 aromatic rings. The highest BCUT2D eigenvalue weighted by molar-refractivity contribution is 7.61. The molecule has 0 saturated carbocycles. The molecule has 0 aliphatic carbocycles. The first kappa shape index (κ1) is 30.3. The zero-order valence-corrected chi connectivity index (χ0v) is 24.6. The van der Waals surface area contributed by atoms with Crippen molar-refractivity contribution >= 4 is 18.8 Å². The molecule has 0 saturated heterocycles. The lowest BCUT2D eigenvalue weighted by molar-refractivity contribution is -0.0567. The molecule has 1 amide bonds. The van der Waals surface area contributed by atoms with Crippen LogP contribution >= 0.6 is 7.60 Å². The summed E-state index contributed by atoms with van der Waals surface area (Å²) in [5.74, 6) is -1.48. The average molecular weight is 608 g/mol. The second-order valence-corrected chi connectivity index (χ2v) is 12.2. The van der Waals surface area contributed by atoms with Crippen molar-refractivity contribution in [3.8, 4) is 5.75 Å². The van der Waals surface area contributed by atoms with Crippen LogP contribution in [-0.2, 0) is 45.7 Å². The third-order valence-electron chi connectivity index (χ3n) is 6.93. The van der Waals surface area contributed by atoms with Crippen molar-refractivity contribution in [1.82, 2.24) is 14.9 Å². The Kier molecular flexibility index (Phi) is 8.89. The number of rotatable bonds is 10. The Morgan fingerprint density at radius 3 is 2.40 bits per heavy atom. The summed E-state index contributed by atoms with van der Waals surface area (Å²) in [7, 11) is -4.50. The number of benzene rings is 3. The monoisotopic (exact) mass is 607 g/mol. The van der Waals surface area contributed by atoms with Gasteiger partial charge in [-0.25, -0.2) is 9.37 Å². The first-order chi connectivity index (χ1) is 20.5. The summed E-state index contributed by atoms with van der Waals surface area (Å²) in [4.78, 5) is 42.4. The number of nitrogens with zero attached hydrogens (tertiary/aromatic N) is 2. The Morgan fingerprint density at radius 2 is 1.72 bits per heavy atom. The minimum atomic E-state index is -4.50. The predicted molar refractivity (Wildman–Crippen MR) is 157 cm³/mol. The van der Waals surface area contributed by atoms with Crippen molar-refractivity contribution < 1.29 is 32.6 Å². The summed E-state index contributed by atoms with van der Waals surface area (Å²) in [6.07, 6.45) is 0. The van der Waals surface area contributed by atoms with Gasteiger partial charge in [-0.15, -0.1) is 0 Å². The van der Waals surface area contributed by atoms with Gasteiger partial charge >= 0.3 is 7.60 Å². The van der Waals surface area contributed by atoms with Crippen LogP contribution in [0.15, 0.2) is 83.7 Å². The zero-order valence-electron chi connectivity index (χ0n) is 23.7. The van der Waals surface area contributed by atoms with Gasteiger partial charge in [0.15, 0.2) is 5.69 Å². The third kappa shape index (κ3) is 6.92. The van der Waals surface area contributed by atoms with Crippen LogP contribution in [0.25, 0.3) is 0 Å². The number of aromatic nitrogens is 2. The Morgan fingerprint density at radius 1 is 1.07 bits per heavy atom. The van der Waals surface area contributed by atoms with Gasteiger partial charge in [-0.05, 0) is 42.7 Å². The van der Waals surface area contributed by atoms with Crippen molar-refractivity contribution in [2.24, 2.45) is 0 Å². The molecule has 1 aromatic heterocycles. The highest BCUT2D eigenvalue weighted by Gasteiger charge is 2.35. The molecule has 1 aliphatic heterocycles. The van der Waals surface area contributed by atoms with Crippen LogP contribution in [-0.4, -0.2) is 27.0 Å². The van der Waals surface area contributed by atoms with Crippen LogP contribution in [0.4, 0.5) is 4.39 Å². The maximum atomic E-state index is 14.2. The van der Waals surface area contributed by atoms with Gasteiger partial charge in [0.05, 0.1) is 25.1 Å². The lowest BCUT2D eigenvalue weighted by Gasteiger charge is -2.32. The molecule has 12 heteroatoms. The van der Waals surface area contributed by atoms with E-state index >= 15 is 0 Å². The summed E-state index contributed by atoms with van der Waals surface area (Å²) in [6, 6.07) is 21.2. The van der Waals surface area contributed by atoms with Gasteiger partial charge < -0.3 is 24.2 Å². The number of halogens is 1. The van der Waals surface area contributed by atoms with Crippen LogP contribution in [0.2, 0.25) is 0 Å². The van der Waals surface area contributed by atoms with Crippen LogP contribution in [0.1, 0.15) is 46.9 Å². The van der Waals surface area contributed by atoms with E-state index in [2.05, 4.69) is 10.3 Å². The Labute approximate surface area is 247 Å². The summed E-state index contributed by atoms with van der Waals surface area (Å²) in [5.41, 5.74) is -0.152. The predicted octanol–water partition coefficient (Wildman–Crippen LogP) is 4.18. The molecule has 0 bridgehead atoms. The molecule has 43 heavy (non-hydrogen) atoms. The largest absolute Gasteiger partial charge is 0.481 e. The molecule has 10 nitrogen and oxygen atoms in total. The number of hydrogen-bond acceptors (Lipinski definition) is 7. The third-order valence-corrected chi connectivity index (χ3v) is 8.43. The molecule has 2 heterocycles. The second kappa shape index (κ2) is 12.6. The van der Waals surface area contributed by atoms with Crippen molar-refractivity contribution in [3.05, 3.63) is 123 Å². The summed E-state index contributed by atoms with van der Waals surface area (Å²) in [6.45, 7) is 3.57. The topological polar surface area (TPSA) is 129 Å². The number of amides is 1. The lowest BCUT2D eigenvalue weighted by Crippen LogP contribution is -2.43.